The second-order valence-corrected chi connectivity index (χ2v) is 6.09. The largest absolute Gasteiger partial charge is 0.392 e. The van der Waals surface area contributed by atoms with Gasteiger partial charge in [0.1, 0.15) is 0 Å². The minimum Gasteiger partial charge on any atom is -0.392 e. The van der Waals surface area contributed by atoms with Gasteiger partial charge in [-0.3, -0.25) is 9.78 Å². The molecule has 4 nitrogen and oxygen atoms in total. The smallest absolute Gasteiger partial charge is 0.235 e. The lowest BCUT2D eigenvalue weighted by atomic mass is 9.73. The number of carbonyl (C=O) groups excluding carboxylic acids is 1. The second kappa shape index (κ2) is 6.98. The molecule has 2 rings (SSSR count). The Morgan fingerprint density at radius 2 is 2.10 bits per heavy atom. The molecule has 114 valence electrons. The molecule has 5 heteroatoms. The van der Waals surface area contributed by atoms with E-state index in [0.717, 1.165) is 37.8 Å². The molecule has 0 aliphatic heterocycles. The van der Waals surface area contributed by atoms with Crippen LogP contribution in [-0.4, -0.2) is 27.3 Å². The summed E-state index contributed by atoms with van der Waals surface area (Å²) < 4.78 is 0. The third kappa shape index (κ3) is 3.40. The molecule has 1 aliphatic rings. The Labute approximate surface area is 131 Å². The summed E-state index contributed by atoms with van der Waals surface area (Å²) >= 11 is 5.25. The van der Waals surface area contributed by atoms with Crippen molar-refractivity contribution in [1.82, 2.24) is 9.88 Å². The zero-order valence-electron chi connectivity index (χ0n) is 12.5. The van der Waals surface area contributed by atoms with Gasteiger partial charge in [0.25, 0.3) is 0 Å². The van der Waals surface area contributed by atoms with Gasteiger partial charge in [0, 0.05) is 12.7 Å². The summed E-state index contributed by atoms with van der Waals surface area (Å²) in [5.74, 6) is 0.0721. The van der Waals surface area contributed by atoms with Gasteiger partial charge in [0.2, 0.25) is 5.91 Å². The Balaban J connectivity index is 2.19. The van der Waals surface area contributed by atoms with E-state index in [4.69, 9.17) is 18.0 Å². The fraction of sp³-hybridized carbons (Fsp3) is 0.562. The van der Waals surface area contributed by atoms with Crippen LogP contribution in [-0.2, 0) is 11.3 Å². The first kappa shape index (κ1) is 15.9. The van der Waals surface area contributed by atoms with Crippen LogP contribution in [0.3, 0.4) is 0 Å². The van der Waals surface area contributed by atoms with E-state index in [-0.39, 0.29) is 5.91 Å². The van der Waals surface area contributed by atoms with Gasteiger partial charge >= 0.3 is 0 Å². The van der Waals surface area contributed by atoms with Crippen LogP contribution in [0.4, 0.5) is 0 Å². The summed E-state index contributed by atoms with van der Waals surface area (Å²) in [5, 5.41) is 0. The lowest BCUT2D eigenvalue weighted by Gasteiger charge is -2.38. The Bertz CT molecular complexity index is 498. The zero-order valence-corrected chi connectivity index (χ0v) is 13.4. The first-order valence-electron chi connectivity index (χ1n) is 7.59. The first-order chi connectivity index (χ1) is 10.1. The maximum absolute atomic E-state index is 13.0. The molecular weight excluding hydrogens is 282 g/mol. The zero-order chi connectivity index (χ0) is 15.3. The van der Waals surface area contributed by atoms with E-state index in [1.807, 2.05) is 30.0 Å². The number of aromatic nitrogens is 1. The standard InChI is InChI=1S/C16H23N3OS/c1-2-19(12-13-8-4-7-11-18-13)15(20)16(14(17)21)9-5-3-6-10-16/h4,7-8,11H,2-3,5-6,9-10,12H2,1H3,(H2,17,21). The highest BCUT2D eigenvalue weighted by atomic mass is 32.1. The average molecular weight is 305 g/mol. The van der Waals surface area contributed by atoms with Crippen molar-refractivity contribution in [3.05, 3.63) is 30.1 Å². The molecule has 1 aromatic rings. The molecule has 1 aliphatic carbocycles. The molecule has 1 heterocycles. The molecular formula is C16H23N3OS. The Morgan fingerprint density at radius 3 is 2.62 bits per heavy atom. The van der Waals surface area contributed by atoms with Crippen LogP contribution >= 0.6 is 12.2 Å². The van der Waals surface area contributed by atoms with E-state index in [0.29, 0.717) is 18.1 Å². The highest BCUT2D eigenvalue weighted by Gasteiger charge is 2.44. The van der Waals surface area contributed by atoms with Crippen LogP contribution < -0.4 is 5.73 Å². The number of hydrogen-bond donors (Lipinski definition) is 1. The number of pyridine rings is 1. The predicted octanol–water partition coefficient (Wildman–Crippen LogP) is 2.67. The molecule has 1 fully saturated rings. The highest BCUT2D eigenvalue weighted by Crippen LogP contribution is 2.38. The third-order valence-corrected chi connectivity index (χ3v) is 4.73. The lowest BCUT2D eigenvalue weighted by Crippen LogP contribution is -2.51. The van der Waals surface area contributed by atoms with Gasteiger partial charge in [-0.1, -0.05) is 37.5 Å². The quantitative estimate of drug-likeness (QED) is 0.850. The van der Waals surface area contributed by atoms with Crippen molar-refractivity contribution >= 4 is 23.1 Å². The molecule has 1 amide bonds. The van der Waals surface area contributed by atoms with E-state index in [2.05, 4.69) is 4.98 Å². The molecule has 0 spiro atoms. The Kier molecular flexibility index (Phi) is 5.28. The average Bonchev–Trinajstić information content (AvgIpc) is 2.53. The molecule has 1 aromatic heterocycles. The van der Waals surface area contributed by atoms with Crippen molar-refractivity contribution in [3.63, 3.8) is 0 Å². The van der Waals surface area contributed by atoms with Crippen molar-refractivity contribution in [2.24, 2.45) is 11.1 Å². The third-order valence-electron chi connectivity index (χ3n) is 4.34. The number of thiocarbonyl (C=S) groups is 1. The van der Waals surface area contributed by atoms with Crippen LogP contribution in [0, 0.1) is 5.41 Å². The first-order valence-corrected chi connectivity index (χ1v) is 8.00. The number of hydrogen-bond acceptors (Lipinski definition) is 3. The van der Waals surface area contributed by atoms with Crippen molar-refractivity contribution in [2.45, 2.75) is 45.6 Å². The molecule has 0 unspecified atom stereocenters. The Hall–Kier alpha value is -1.49. The van der Waals surface area contributed by atoms with Crippen LogP contribution in [0.25, 0.3) is 0 Å². The van der Waals surface area contributed by atoms with Crippen molar-refractivity contribution in [3.8, 4) is 0 Å². The van der Waals surface area contributed by atoms with Crippen LogP contribution in [0.1, 0.15) is 44.7 Å². The van der Waals surface area contributed by atoms with Crippen molar-refractivity contribution in [1.29, 1.82) is 0 Å². The predicted molar refractivity (Wildman–Crippen MR) is 87.6 cm³/mol. The van der Waals surface area contributed by atoms with Crippen LogP contribution in [0.15, 0.2) is 24.4 Å². The van der Waals surface area contributed by atoms with E-state index in [9.17, 15) is 4.79 Å². The van der Waals surface area contributed by atoms with E-state index in [1.54, 1.807) is 6.20 Å². The minimum absolute atomic E-state index is 0.0721. The van der Waals surface area contributed by atoms with Gasteiger partial charge in [0.15, 0.2) is 0 Å². The Morgan fingerprint density at radius 1 is 1.38 bits per heavy atom. The van der Waals surface area contributed by atoms with Gasteiger partial charge in [-0.05, 0) is 31.9 Å². The van der Waals surface area contributed by atoms with Crippen molar-refractivity contribution in [2.75, 3.05) is 6.54 Å². The van der Waals surface area contributed by atoms with E-state index >= 15 is 0 Å². The summed E-state index contributed by atoms with van der Waals surface area (Å²) in [7, 11) is 0. The topological polar surface area (TPSA) is 59.2 Å². The number of rotatable bonds is 5. The van der Waals surface area contributed by atoms with E-state index in [1.165, 1.54) is 0 Å². The van der Waals surface area contributed by atoms with Crippen LogP contribution in [0.2, 0.25) is 0 Å². The molecule has 0 atom stereocenters. The SMILES string of the molecule is CCN(Cc1ccccn1)C(=O)C1(C(N)=S)CCCCC1. The molecule has 0 bridgehead atoms. The molecule has 0 aromatic carbocycles. The van der Waals surface area contributed by atoms with Gasteiger partial charge in [0.05, 0.1) is 22.6 Å². The normalized spacial score (nSPS) is 17.2. The fourth-order valence-electron chi connectivity index (χ4n) is 3.04. The summed E-state index contributed by atoms with van der Waals surface area (Å²) in [4.78, 5) is 19.5. The number of amides is 1. The monoisotopic (exact) mass is 305 g/mol. The summed E-state index contributed by atoms with van der Waals surface area (Å²) in [6, 6.07) is 5.74. The summed E-state index contributed by atoms with van der Waals surface area (Å²) in [5.41, 5.74) is 6.21. The molecule has 1 saturated carbocycles. The van der Waals surface area contributed by atoms with E-state index < -0.39 is 5.41 Å². The number of nitrogens with zero attached hydrogens (tertiary/aromatic N) is 2. The minimum atomic E-state index is -0.641. The fourth-order valence-corrected chi connectivity index (χ4v) is 3.33. The molecule has 0 radical (unpaired) electrons. The maximum atomic E-state index is 13.0. The van der Waals surface area contributed by atoms with Crippen LogP contribution in [0.5, 0.6) is 0 Å². The van der Waals surface area contributed by atoms with Gasteiger partial charge in [-0.25, -0.2) is 0 Å². The van der Waals surface area contributed by atoms with Gasteiger partial charge in [-0.15, -0.1) is 0 Å². The lowest BCUT2D eigenvalue weighted by molar-refractivity contribution is -0.140. The molecule has 0 saturated heterocycles. The molecule has 2 N–H and O–H groups in total. The number of nitrogens with two attached hydrogens (primary N) is 1. The maximum Gasteiger partial charge on any atom is 0.235 e. The van der Waals surface area contributed by atoms with Gasteiger partial charge in [-0.2, -0.15) is 0 Å². The summed E-state index contributed by atoms with van der Waals surface area (Å²) in [6.07, 6.45) is 6.50. The number of carbonyl (C=O) groups is 1. The second-order valence-electron chi connectivity index (χ2n) is 5.65. The summed E-state index contributed by atoms with van der Waals surface area (Å²) in [6.45, 7) is 3.14. The highest BCUT2D eigenvalue weighted by molar-refractivity contribution is 7.80. The molecule has 21 heavy (non-hydrogen) atoms. The van der Waals surface area contributed by atoms with Gasteiger partial charge < -0.3 is 10.6 Å². The van der Waals surface area contributed by atoms with Crippen molar-refractivity contribution < 1.29 is 4.79 Å².